The van der Waals surface area contributed by atoms with Crippen molar-refractivity contribution < 1.29 is 9.53 Å². The molecule has 1 aromatic rings. The van der Waals surface area contributed by atoms with Crippen molar-refractivity contribution in [1.82, 2.24) is 4.90 Å². The summed E-state index contributed by atoms with van der Waals surface area (Å²) in [7, 11) is 1.44. The third-order valence-electron chi connectivity index (χ3n) is 3.80. The van der Waals surface area contributed by atoms with Crippen LogP contribution in [0.1, 0.15) is 25.8 Å². The molecule has 0 saturated heterocycles. The Morgan fingerprint density at radius 2 is 1.82 bits per heavy atom. The Balaban J connectivity index is 0.00000441. The molecule has 0 fully saturated rings. The van der Waals surface area contributed by atoms with Crippen molar-refractivity contribution in [2.75, 3.05) is 33.3 Å². The average Bonchev–Trinajstić information content (AvgIpc) is 2.50. The third kappa shape index (κ3) is 7.25. The molecule has 0 saturated carbocycles. The molecular formula is C17H29ClN2O2. The van der Waals surface area contributed by atoms with Crippen molar-refractivity contribution >= 4 is 18.4 Å². The maximum absolute atomic E-state index is 11.7. The van der Waals surface area contributed by atoms with Crippen molar-refractivity contribution in [2.45, 2.75) is 26.7 Å². The molecule has 0 amide bonds. The van der Waals surface area contributed by atoms with Crippen LogP contribution < -0.4 is 5.73 Å². The summed E-state index contributed by atoms with van der Waals surface area (Å²) in [6.45, 7) is 7.15. The molecule has 1 aromatic carbocycles. The number of benzene rings is 1. The summed E-state index contributed by atoms with van der Waals surface area (Å²) in [6, 6.07) is 10.4. The van der Waals surface area contributed by atoms with Crippen LogP contribution in [-0.4, -0.2) is 44.2 Å². The normalized spacial score (nSPS) is 11.1. The molecule has 0 heterocycles. The standard InChI is InChI=1S/C17H28N2O2.ClH/c1-17(2,16(20)21-3)10-13-19(14-11-18)12-9-15-7-5-4-6-8-15;/h4-8H,9-14,18H2,1-3H3;1H. The Bertz CT molecular complexity index is 424. The van der Waals surface area contributed by atoms with Crippen LogP contribution in [0.3, 0.4) is 0 Å². The van der Waals surface area contributed by atoms with Crippen molar-refractivity contribution in [3.63, 3.8) is 0 Å². The van der Waals surface area contributed by atoms with Gasteiger partial charge in [0.2, 0.25) is 0 Å². The molecule has 0 aromatic heterocycles. The molecule has 0 unspecified atom stereocenters. The van der Waals surface area contributed by atoms with E-state index in [9.17, 15) is 4.79 Å². The fraction of sp³-hybridized carbons (Fsp3) is 0.588. The van der Waals surface area contributed by atoms with E-state index in [1.807, 2.05) is 19.9 Å². The van der Waals surface area contributed by atoms with Gasteiger partial charge >= 0.3 is 5.97 Å². The maximum Gasteiger partial charge on any atom is 0.311 e. The highest BCUT2D eigenvalue weighted by molar-refractivity contribution is 5.85. The van der Waals surface area contributed by atoms with Gasteiger partial charge in [-0.05, 0) is 38.8 Å². The zero-order chi connectivity index (χ0) is 15.7. The summed E-state index contributed by atoms with van der Waals surface area (Å²) in [5.74, 6) is -0.154. The van der Waals surface area contributed by atoms with Crippen LogP contribution in [0.2, 0.25) is 0 Å². The van der Waals surface area contributed by atoms with Crippen LogP contribution in [-0.2, 0) is 16.0 Å². The molecule has 2 N–H and O–H groups in total. The van der Waals surface area contributed by atoms with Gasteiger partial charge in [0.1, 0.15) is 0 Å². The molecule has 0 aliphatic carbocycles. The number of nitrogens with two attached hydrogens (primary N) is 1. The van der Waals surface area contributed by atoms with Gasteiger partial charge in [-0.1, -0.05) is 30.3 Å². The summed E-state index contributed by atoms with van der Waals surface area (Å²) in [5.41, 5.74) is 6.57. The van der Waals surface area contributed by atoms with Gasteiger partial charge in [0.05, 0.1) is 12.5 Å². The monoisotopic (exact) mass is 328 g/mol. The minimum absolute atomic E-state index is 0. The number of rotatable bonds is 9. The van der Waals surface area contributed by atoms with E-state index in [1.165, 1.54) is 12.7 Å². The Morgan fingerprint density at radius 1 is 1.18 bits per heavy atom. The summed E-state index contributed by atoms with van der Waals surface area (Å²) in [5, 5.41) is 0. The first kappa shape index (κ1) is 20.9. The van der Waals surface area contributed by atoms with E-state index >= 15 is 0 Å². The summed E-state index contributed by atoms with van der Waals surface area (Å²) >= 11 is 0. The van der Waals surface area contributed by atoms with Gasteiger partial charge in [-0.2, -0.15) is 0 Å². The molecular weight excluding hydrogens is 300 g/mol. The number of esters is 1. The molecule has 0 aliphatic heterocycles. The van der Waals surface area contributed by atoms with E-state index in [0.29, 0.717) is 6.54 Å². The predicted molar refractivity (Wildman–Crippen MR) is 93.3 cm³/mol. The number of halogens is 1. The third-order valence-corrected chi connectivity index (χ3v) is 3.80. The number of ether oxygens (including phenoxy) is 1. The second-order valence-electron chi connectivity index (χ2n) is 5.99. The minimum Gasteiger partial charge on any atom is -0.469 e. The van der Waals surface area contributed by atoms with Crippen molar-refractivity contribution in [2.24, 2.45) is 11.1 Å². The first-order chi connectivity index (χ1) is 9.99. The van der Waals surface area contributed by atoms with Crippen LogP contribution in [0.4, 0.5) is 0 Å². The number of carbonyl (C=O) groups is 1. The quantitative estimate of drug-likeness (QED) is 0.708. The Morgan fingerprint density at radius 3 is 2.36 bits per heavy atom. The van der Waals surface area contributed by atoms with Crippen LogP contribution in [0.25, 0.3) is 0 Å². The number of carbonyl (C=O) groups excluding carboxylic acids is 1. The van der Waals surface area contributed by atoms with E-state index in [4.69, 9.17) is 10.5 Å². The fourth-order valence-electron chi connectivity index (χ4n) is 2.27. The second kappa shape index (κ2) is 10.6. The van der Waals surface area contributed by atoms with Gasteiger partial charge in [0.25, 0.3) is 0 Å². The molecule has 126 valence electrons. The van der Waals surface area contributed by atoms with E-state index in [2.05, 4.69) is 29.2 Å². The molecule has 5 heteroatoms. The molecule has 0 atom stereocenters. The SMILES string of the molecule is COC(=O)C(C)(C)CCN(CCN)CCc1ccccc1.Cl. The van der Waals surface area contributed by atoms with Gasteiger partial charge in [0, 0.05) is 19.6 Å². The van der Waals surface area contributed by atoms with E-state index < -0.39 is 5.41 Å². The molecule has 0 aliphatic rings. The summed E-state index contributed by atoms with van der Waals surface area (Å²) < 4.78 is 4.85. The molecule has 0 spiro atoms. The molecule has 4 nitrogen and oxygen atoms in total. The lowest BCUT2D eigenvalue weighted by Crippen LogP contribution is -2.36. The van der Waals surface area contributed by atoms with Crippen LogP contribution in [0.15, 0.2) is 30.3 Å². The molecule has 0 bridgehead atoms. The number of nitrogens with zero attached hydrogens (tertiary/aromatic N) is 1. The fourth-order valence-corrected chi connectivity index (χ4v) is 2.27. The summed E-state index contributed by atoms with van der Waals surface area (Å²) in [4.78, 5) is 14.0. The lowest BCUT2D eigenvalue weighted by Gasteiger charge is -2.27. The Kier molecular flexibility index (Phi) is 10.1. The van der Waals surface area contributed by atoms with E-state index in [0.717, 1.165) is 32.5 Å². The van der Waals surface area contributed by atoms with Gasteiger partial charge < -0.3 is 15.4 Å². The highest BCUT2D eigenvalue weighted by Gasteiger charge is 2.28. The lowest BCUT2D eigenvalue weighted by atomic mass is 9.89. The molecule has 0 radical (unpaired) electrons. The second-order valence-corrected chi connectivity index (χ2v) is 5.99. The number of methoxy groups -OCH3 is 1. The summed E-state index contributed by atoms with van der Waals surface area (Å²) in [6.07, 6.45) is 1.77. The van der Waals surface area contributed by atoms with Crippen LogP contribution in [0, 0.1) is 5.41 Å². The topological polar surface area (TPSA) is 55.6 Å². The number of hydrogen-bond acceptors (Lipinski definition) is 4. The van der Waals surface area contributed by atoms with E-state index in [-0.39, 0.29) is 18.4 Å². The Labute approximate surface area is 140 Å². The highest BCUT2D eigenvalue weighted by atomic mass is 35.5. The molecule has 1 rings (SSSR count). The predicted octanol–water partition coefficient (Wildman–Crippen LogP) is 2.50. The van der Waals surface area contributed by atoms with Crippen molar-refractivity contribution in [3.05, 3.63) is 35.9 Å². The smallest absolute Gasteiger partial charge is 0.311 e. The molecule has 22 heavy (non-hydrogen) atoms. The number of hydrogen-bond donors (Lipinski definition) is 1. The zero-order valence-electron chi connectivity index (χ0n) is 13.9. The average molecular weight is 329 g/mol. The maximum atomic E-state index is 11.7. The van der Waals surface area contributed by atoms with E-state index in [1.54, 1.807) is 0 Å². The van der Waals surface area contributed by atoms with Gasteiger partial charge in [-0.3, -0.25) is 4.79 Å². The minimum atomic E-state index is -0.450. The lowest BCUT2D eigenvalue weighted by molar-refractivity contribution is -0.151. The highest BCUT2D eigenvalue weighted by Crippen LogP contribution is 2.22. The largest absolute Gasteiger partial charge is 0.469 e. The van der Waals surface area contributed by atoms with Crippen molar-refractivity contribution in [1.29, 1.82) is 0 Å². The first-order valence-electron chi connectivity index (χ1n) is 7.54. The van der Waals surface area contributed by atoms with Crippen LogP contribution >= 0.6 is 12.4 Å². The van der Waals surface area contributed by atoms with Crippen LogP contribution in [0.5, 0.6) is 0 Å². The Hall–Kier alpha value is -1.10. The first-order valence-corrected chi connectivity index (χ1v) is 7.54. The van der Waals surface area contributed by atoms with Gasteiger partial charge in [0.15, 0.2) is 0 Å². The zero-order valence-corrected chi connectivity index (χ0v) is 14.7. The van der Waals surface area contributed by atoms with Gasteiger partial charge in [-0.15, -0.1) is 12.4 Å². The van der Waals surface area contributed by atoms with Crippen molar-refractivity contribution in [3.8, 4) is 0 Å². The van der Waals surface area contributed by atoms with Gasteiger partial charge in [-0.25, -0.2) is 0 Å².